The third-order valence-corrected chi connectivity index (χ3v) is 13.2. The first-order chi connectivity index (χ1) is 9.28. The van der Waals surface area contributed by atoms with Crippen LogP contribution in [0.5, 0.6) is 0 Å². The fraction of sp³-hybridized carbons (Fsp3) is 0.455. The number of allylic oxidation sites excluding steroid dienone is 1. The molecule has 0 bridgehead atoms. The zero-order valence-electron chi connectivity index (χ0n) is 10.1. The summed E-state index contributed by atoms with van der Waals surface area (Å²) in [6, 6.07) is 0. The van der Waals surface area contributed by atoms with Crippen molar-refractivity contribution >= 4 is 95.0 Å². The largest absolute Gasteiger partial charge is 0.178 e. The first kappa shape index (κ1) is 15.9. The Morgan fingerprint density at radius 1 is 0.947 bits per heavy atom. The summed E-state index contributed by atoms with van der Waals surface area (Å²) in [5.41, 5.74) is 0. The third-order valence-electron chi connectivity index (χ3n) is 2.30. The lowest BCUT2D eigenvalue weighted by molar-refractivity contribution is 1.56. The van der Waals surface area contributed by atoms with Gasteiger partial charge in [0.1, 0.15) is 0 Å². The Bertz CT molecular complexity index is 455. The van der Waals surface area contributed by atoms with Crippen LogP contribution in [0.2, 0.25) is 0 Å². The zero-order chi connectivity index (χ0) is 13.2. The van der Waals surface area contributed by atoms with Crippen LogP contribution in [-0.4, -0.2) is 23.0 Å². The molecule has 0 aromatic heterocycles. The van der Waals surface area contributed by atoms with Crippen LogP contribution in [0.15, 0.2) is 26.1 Å². The van der Waals surface area contributed by atoms with E-state index in [-0.39, 0.29) is 0 Å². The van der Waals surface area contributed by atoms with Gasteiger partial charge in [-0.15, -0.1) is 35.3 Å². The maximum atomic E-state index is 4.30. The Morgan fingerprint density at radius 3 is 2.21 bits per heavy atom. The Kier molecular flexibility index (Phi) is 6.30. The molecule has 0 aromatic carbocycles. The predicted octanol–water partition coefficient (Wildman–Crippen LogP) is 6.53. The molecule has 0 saturated heterocycles. The van der Waals surface area contributed by atoms with Crippen molar-refractivity contribution in [3.63, 3.8) is 0 Å². The van der Waals surface area contributed by atoms with Crippen molar-refractivity contribution in [1.82, 2.24) is 0 Å². The maximum Gasteiger partial charge on any atom is 0.0717 e. The molecule has 0 spiro atoms. The van der Waals surface area contributed by atoms with Crippen molar-refractivity contribution < 1.29 is 0 Å². The van der Waals surface area contributed by atoms with Crippen molar-refractivity contribution in [2.45, 2.75) is 6.92 Å². The van der Waals surface area contributed by atoms with E-state index in [4.69, 9.17) is 0 Å². The zero-order valence-corrected chi connectivity index (χ0v) is 16.7. The second-order valence-electron chi connectivity index (χ2n) is 3.67. The Labute approximate surface area is 149 Å². The van der Waals surface area contributed by atoms with Crippen molar-refractivity contribution in [2.75, 3.05) is 23.0 Å². The molecule has 3 aliphatic rings. The molecule has 104 valence electrons. The van der Waals surface area contributed by atoms with E-state index in [9.17, 15) is 0 Å². The Hall–Kier alpha value is 2.02. The molecule has 0 aliphatic carbocycles. The second kappa shape index (κ2) is 7.53. The van der Waals surface area contributed by atoms with Crippen LogP contribution >= 0.6 is 95.0 Å². The summed E-state index contributed by atoms with van der Waals surface area (Å²) in [5, 5.41) is 0. The molecular weight excluding hydrogens is 389 g/mol. The number of thiol groups is 1. The lowest BCUT2D eigenvalue weighted by Gasteiger charge is -2.08. The minimum Gasteiger partial charge on any atom is -0.178 e. The Balaban J connectivity index is 1.68. The van der Waals surface area contributed by atoms with Crippen LogP contribution in [-0.2, 0) is 0 Å². The van der Waals surface area contributed by atoms with Gasteiger partial charge in [-0.25, -0.2) is 0 Å². The van der Waals surface area contributed by atoms with E-state index in [0.29, 0.717) is 0 Å². The van der Waals surface area contributed by atoms with Gasteiger partial charge in [0, 0.05) is 22.2 Å². The minimum atomic E-state index is 0.950. The molecular formula is C11H12S8. The number of rotatable bonds is 3. The van der Waals surface area contributed by atoms with Gasteiger partial charge < -0.3 is 0 Å². The predicted molar refractivity (Wildman–Crippen MR) is 108 cm³/mol. The third kappa shape index (κ3) is 3.86. The van der Waals surface area contributed by atoms with E-state index in [1.807, 2.05) is 82.3 Å². The van der Waals surface area contributed by atoms with Crippen LogP contribution in [0.25, 0.3) is 0 Å². The van der Waals surface area contributed by atoms with Crippen LogP contribution < -0.4 is 0 Å². The van der Waals surface area contributed by atoms with E-state index < -0.39 is 0 Å². The number of thioether (sulfide) groups is 7. The number of hydrogen-bond donors (Lipinski definition) is 1. The summed E-state index contributed by atoms with van der Waals surface area (Å²) in [6.45, 7) is 2.24. The van der Waals surface area contributed by atoms with Crippen LogP contribution in [0, 0.1) is 0 Å². The van der Waals surface area contributed by atoms with Crippen molar-refractivity contribution in [1.29, 1.82) is 0 Å². The lowest BCUT2D eigenvalue weighted by atomic mass is 10.7. The van der Waals surface area contributed by atoms with E-state index in [1.165, 1.54) is 29.1 Å². The fourth-order valence-corrected chi connectivity index (χ4v) is 11.9. The molecule has 3 aliphatic heterocycles. The first-order valence-corrected chi connectivity index (χ1v) is 12.5. The van der Waals surface area contributed by atoms with Crippen LogP contribution in [0.4, 0.5) is 0 Å². The molecule has 0 nitrogen and oxygen atoms in total. The van der Waals surface area contributed by atoms with Crippen LogP contribution in [0.1, 0.15) is 6.92 Å². The fourth-order valence-electron chi connectivity index (χ4n) is 1.51. The summed E-state index contributed by atoms with van der Waals surface area (Å²) in [4.78, 5) is 1.46. The van der Waals surface area contributed by atoms with Gasteiger partial charge >= 0.3 is 0 Å². The second-order valence-corrected chi connectivity index (χ2v) is 13.0. The molecule has 3 rings (SSSR count). The van der Waals surface area contributed by atoms with Gasteiger partial charge in [-0.2, -0.15) is 12.6 Å². The summed E-state index contributed by atoms with van der Waals surface area (Å²) in [7, 11) is 0. The van der Waals surface area contributed by atoms with Crippen molar-refractivity contribution in [2.24, 2.45) is 0 Å². The van der Waals surface area contributed by atoms with Crippen molar-refractivity contribution in [3.8, 4) is 0 Å². The summed E-state index contributed by atoms with van der Waals surface area (Å²) in [6.07, 6.45) is 0. The molecule has 0 aromatic rings. The van der Waals surface area contributed by atoms with Crippen molar-refractivity contribution in [3.05, 3.63) is 26.1 Å². The monoisotopic (exact) mass is 400 g/mol. The highest BCUT2D eigenvalue weighted by atomic mass is 32.3. The molecule has 0 N–H and O–H groups in total. The molecule has 8 heteroatoms. The SMILES string of the molecule is CC1=C(SCCS)SC(=C2SC3=C(SCCS3)S2)S1. The quantitative estimate of drug-likeness (QED) is 0.528. The maximum absolute atomic E-state index is 4.30. The van der Waals surface area contributed by atoms with E-state index >= 15 is 0 Å². The van der Waals surface area contributed by atoms with Gasteiger partial charge in [-0.3, -0.25) is 0 Å². The van der Waals surface area contributed by atoms with Gasteiger partial charge in [-0.05, 0) is 12.7 Å². The molecule has 0 atom stereocenters. The highest BCUT2D eigenvalue weighted by Gasteiger charge is 2.30. The van der Waals surface area contributed by atoms with Gasteiger partial charge in [0.25, 0.3) is 0 Å². The molecule has 0 fully saturated rings. The topological polar surface area (TPSA) is 0 Å². The average Bonchev–Trinajstić information content (AvgIpc) is 2.99. The normalized spacial score (nSPS) is 23.7. The Morgan fingerprint density at radius 2 is 1.58 bits per heavy atom. The van der Waals surface area contributed by atoms with E-state index in [2.05, 4.69) is 19.6 Å². The molecule has 0 saturated carbocycles. The minimum absolute atomic E-state index is 0.950. The molecule has 0 unspecified atom stereocenters. The van der Waals surface area contributed by atoms with E-state index in [0.717, 1.165) is 11.5 Å². The standard InChI is InChI=1S/C11H12S8/c1-6-7(13-3-2-12)17-10(16-6)11-18-8-9(19-11)15-5-4-14-8/h12H,2-5H2,1H3. The highest BCUT2D eigenvalue weighted by molar-refractivity contribution is 8.43. The van der Waals surface area contributed by atoms with Gasteiger partial charge in [-0.1, -0.05) is 47.0 Å². The highest BCUT2D eigenvalue weighted by Crippen LogP contribution is 2.65. The summed E-state index contributed by atoms with van der Waals surface area (Å²) < 4.78 is 7.55. The van der Waals surface area contributed by atoms with E-state index in [1.54, 1.807) is 8.47 Å². The molecule has 0 amide bonds. The van der Waals surface area contributed by atoms with Gasteiger partial charge in [0.05, 0.1) is 21.2 Å². The first-order valence-electron chi connectivity index (χ1n) is 5.68. The summed E-state index contributed by atoms with van der Waals surface area (Å²) in [5.74, 6) is 4.58. The number of hydrogen-bond acceptors (Lipinski definition) is 8. The average molecular weight is 401 g/mol. The van der Waals surface area contributed by atoms with Gasteiger partial charge in [0.15, 0.2) is 0 Å². The molecule has 19 heavy (non-hydrogen) atoms. The van der Waals surface area contributed by atoms with Gasteiger partial charge in [0.2, 0.25) is 0 Å². The summed E-state index contributed by atoms with van der Waals surface area (Å²) >= 11 is 18.2. The lowest BCUT2D eigenvalue weighted by Crippen LogP contribution is -1.88. The molecule has 3 heterocycles. The smallest absolute Gasteiger partial charge is 0.0717 e. The van der Waals surface area contributed by atoms with Crippen LogP contribution in [0.3, 0.4) is 0 Å². The molecule has 0 radical (unpaired) electrons.